The normalized spacial score (nSPS) is 15.4. The van der Waals surface area contributed by atoms with Gasteiger partial charge in [0, 0.05) is 30.8 Å². The molecule has 1 aliphatic heterocycles. The number of hydrogen-bond donors (Lipinski definition) is 0. The third kappa shape index (κ3) is 4.21. The predicted octanol–water partition coefficient (Wildman–Crippen LogP) is 4.48. The maximum absolute atomic E-state index is 13.6. The summed E-state index contributed by atoms with van der Waals surface area (Å²) in [4.78, 5) is 17.2. The van der Waals surface area contributed by atoms with E-state index in [4.69, 9.17) is 5.26 Å². The van der Waals surface area contributed by atoms with E-state index >= 15 is 0 Å². The van der Waals surface area contributed by atoms with Crippen LogP contribution >= 0.6 is 0 Å². The number of hydrogen-bond acceptors (Lipinski definition) is 4. The number of benzene rings is 2. The van der Waals surface area contributed by atoms with Crippen molar-refractivity contribution in [1.82, 2.24) is 14.6 Å². The molecule has 4 rings (SSSR count). The Bertz CT molecular complexity index is 1220. The molecule has 1 aliphatic rings. The Hall–Kier alpha value is -3.86. The van der Waals surface area contributed by atoms with Crippen LogP contribution in [0.2, 0.25) is 0 Å². The van der Waals surface area contributed by atoms with Crippen LogP contribution < -0.4 is 0 Å². The molecule has 1 aromatic heterocycles. The Morgan fingerprint density at radius 2 is 2.00 bits per heavy atom. The van der Waals surface area contributed by atoms with Gasteiger partial charge in [0.2, 0.25) is 0 Å². The highest BCUT2D eigenvalue weighted by Gasteiger charge is 2.30. The summed E-state index contributed by atoms with van der Waals surface area (Å²) in [7, 11) is 0. The predicted molar refractivity (Wildman–Crippen MR) is 112 cm³/mol. The third-order valence-electron chi connectivity index (χ3n) is 5.24. The number of nitriles is 1. The SMILES string of the molecule is C=C(CCCn1cnc2ccc(C#N)cc21)C(=O)N1N=CCC1c1cc(F)cc(F)c1. The zero-order valence-electron chi connectivity index (χ0n) is 16.6. The summed E-state index contributed by atoms with van der Waals surface area (Å²) >= 11 is 0. The molecule has 0 spiro atoms. The van der Waals surface area contributed by atoms with Crippen LogP contribution in [0.1, 0.15) is 36.4 Å². The number of rotatable bonds is 6. The molecule has 0 aliphatic carbocycles. The molecule has 0 saturated heterocycles. The molecule has 2 heterocycles. The highest BCUT2D eigenvalue weighted by Crippen LogP contribution is 2.31. The van der Waals surface area contributed by atoms with Crippen molar-refractivity contribution in [3.8, 4) is 6.07 Å². The van der Waals surface area contributed by atoms with Gasteiger partial charge in [-0.1, -0.05) is 6.58 Å². The first-order chi connectivity index (χ1) is 15.0. The number of aromatic nitrogens is 2. The highest BCUT2D eigenvalue weighted by atomic mass is 19.1. The molecule has 0 N–H and O–H groups in total. The molecule has 156 valence electrons. The van der Waals surface area contributed by atoms with Gasteiger partial charge in [-0.3, -0.25) is 4.79 Å². The second-order valence-corrected chi connectivity index (χ2v) is 7.36. The second-order valence-electron chi connectivity index (χ2n) is 7.36. The Balaban J connectivity index is 1.40. The summed E-state index contributed by atoms with van der Waals surface area (Å²) in [5.41, 5.74) is 2.93. The number of halogens is 2. The van der Waals surface area contributed by atoms with Crippen LogP contribution in [0, 0.1) is 23.0 Å². The Morgan fingerprint density at radius 1 is 1.23 bits per heavy atom. The summed E-state index contributed by atoms with van der Waals surface area (Å²) in [5.74, 6) is -1.76. The molecule has 0 bridgehead atoms. The molecule has 3 aromatic rings. The lowest BCUT2D eigenvalue weighted by atomic mass is 10.0. The highest BCUT2D eigenvalue weighted by molar-refractivity contribution is 5.94. The molecule has 1 amide bonds. The van der Waals surface area contributed by atoms with Gasteiger partial charge in [0.1, 0.15) is 11.6 Å². The fraction of sp³-hybridized carbons (Fsp3) is 0.217. The number of imidazole rings is 1. The van der Waals surface area contributed by atoms with Gasteiger partial charge >= 0.3 is 0 Å². The van der Waals surface area contributed by atoms with Crippen LogP contribution in [-0.2, 0) is 11.3 Å². The minimum Gasteiger partial charge on any atom is -0.331 e. The smallest absolute Gasteiger partial charge is 0.269 e. The van der Waals surface area contributed by atoms with Crippen LogP contribution in [0.3, 0.4) is 0 Å². The van der Waals surface area contributed by atoms with Crippen molar-refractivity contribution in [1.29, 1.82) is 5.26 Å². The number of hydrazone groups is 1. The van der Waals surface area contributed by atoms with Gasteiger partial charge in [-0.15, -0.1) is 0 Å². The zero-order valence-corrected chi connectivity index (χ0v) is 16.6. The van der Waals surface area contributed by atoms with E-state index < -0.39 is 17.7 Å². The number of carbonyl (C=O) groups is 1. The molecular formula is C23H19F2N5O. The average Bonchev–Trinajstić information content (AvgIpc) is 3.39. The van der Waals surface area contributed by atoms with Crippen LogP contribution in [0.4, 0.5) is 8.78 Å². The minimum atomic E-state index is -0.694. The van der Waals surface area contributed by atoms with Crippen LogP contribution in [0.5, 0.6) is 0 Å². The lowest BCUT2D eigenvalue weighted by Gasteiger charge is -2.23. The Morgan fingerprint density at radius 3 is 2.74 bits per heavy atom. The van der Waals surface area contributed by atoms with Gasteiger partial charge in [-0.2, -0.15) is 10.4 Å². The second kappa shape index (κ2) is 8.48. The van der Waals surface area contributed by atoms with E-state index in [-0.39, 0.29) is 5.91 Å². The molecule has 2 aromatic carbocycles. The number of aryl methyl sites for hydroxylation is 1. The van der Waals surface area contributed by atoms with Crippen molar-refractivity contribution < 1.29 is 13.6 Å². The fourth-order valence-electron chi connectivity index (χ4n) is 3.69. The van der Waals surface area contributed by atoms with E-state index in [2.05, 4.69) is 22.7 Å². The van der Waals surface area contributed by atoms with Crippen molar-refractivity contribution >= 4 is 23.2 Å². The van der Waals surface area contributed by atoms with Crippen LogP contribution in [-0.4, -0.2) is 26.7 Å². The molecule has 8 heteroatoms. The van der Waals surface area contributed by atoms with Gasteiger partial charge < -0.3 is 4.57 Å². The molecule has 0 saturated carbocycles. The van der Waals surface area contributed by atoms with E-state index in [0.29, 0.717) is 42.5 Å². The van der Waals surface area contributed by atoms with E-state index in [1.807, 2.05) is 4.57 Å². The molecule has 0 radical (unpaired) electrons. The molecule has 31 heavy (non-hydrogen) atoms. The van der Waals surface area contributed by atoms with Crippen molar-refractivity contribution in [3.63, 3.8) is 0 Å². The summed E-state index contributed by atoms with van der Waals surface area (Å²) in [6.45, 7) is 4.49. The summed E-state index contributed by atoms with van der Waals surface area (Å²) in [6, 6.07) is 10.1. The van der Waals surface area contributed by atoms with Crippen molar-refractivity contribution in [2.24, 2.45) is 5.10 Å². The topological polar surface area (TPSA) is 74.3 Å². The van der Waals surface area contributed by atoms with E-state index in [0.717, 1.165) is 17.1 Å². The monoisotopic (exact) mass is 419 g/mol. The lowest BCUT2D eigenvalue weighted by Crippen LogP contribution is -2.28. The van der Waals surface area contributed by atoms with Gasteiger partial charge in [-0.05, 0) is 48.7 Å². The number of fused-ring (bicyclic) bond motifs is 1. The van der Waals surface area contributed by atoms with Gasteiger partial charge in [0.25, 0.3) is 5.91 Å². The Labute approximate surface area is 177 Å². The van der Waals surface area contributed by atoms with Crippen LogP contribution in [0.15, 0.2) is 60.0 Å². The lowest BCUT2D eigenvalue weighted by molar-refractivity contribution is -0.129. The Kier molecular flexibility index (Phi) is 5.58. The first kappa shape index (κ1) is 20.4. The average molecular weight is 419 g/mol. The van der Waals surface area contributed by atoms with Crippen LogP contribution in [0.25, 0.3) is 11.0 Å². The standard InChI is InChI=1S/C23H19F2N5O/c1-15(3-2-8-29-14-27-20-5-4-16(13-26)9-22(20)29)23(31)30-21(6-7-28-30)17-10-18(24)12-19(25)11-17/h4-5,7,9-12,14,21H,1-3,6,8H2. The maximum atomic E-state index is 13.6. The largest absolute Gasteiger partial charge is 0.331 e. The van der Waals surface area contributed by atoms with E-state index in [9.17, 15) is 13.6 Å². The quantitative estimate of drug-likeness (QED) is 0.553. The fourth-order valence-corrected chi connectivity index (χ4v) is 3.69. The summed E-state index contributed by atoms with van der Waals surface area (Å²) in [5, 5.41) is 14.4. The van der Waals surface area contributed by atoms with E-state index in [1.165, 1.54) is 17.1 Å². The third-order valence-corrected chi connectivity index (χ3v) is 5.24. The number of nitrogens with zero attached hydrogens (tertiary/aromatic N) is 5. The van der Waals surface area contributed by atoms with Gasteiger partial charge in [0.05, 0.1) is 35.0 Å². The van der Waals surface area contributed by atoms with Gasteiger partial charge in [0.15, 0.2) is 0 Å². The van der Waals surface area contributed by atoms with Gasteiger partial charge in [-0.25, -0.2) is 18.8 Å². The molecule has 0 fully saturated rings. The molecule has 1 atom stereocenters. The summed E-state index contributed by atoms with van der Waals surface area (Å²) in [6.07, 6.45) is 4.69. The number of carbonyl (C=O) groups excluding carboxylic acids is 1. The van der Waals surface area contributed by atoms with Crippen molar-refractivity contribution in [3.05, 3.63) is 77.6 Å². The molecule has 6 nitrogen and oxygen atoms in total. The summed E-state index contributed by atoms with van der Waals surface area (Å²) < 4.78 is 29.1. The maximum Gasteiger partial charge on any atom is 0.269 e. The molecule has 1 unspecified atom stereocenters. The first-order valence-electron chi connectivity index (χ1n) is 9.81. The van der Waals surface area contributed by atoms with E-state index in [1.54, 1.807) is 30.7 Å². The molecular weight excluding hydrogens is 400 g/mol. The zero-order chi connectivity index (χ0) is 22.0. The van der Waals surface area contributed by atoms with Crippen molar-refractivity contribution in [2.75, 3.05) is 0 Å². The first-order valence-corrected chi connectivity index (χ1v) is 9.81. The van der Waals surface area contributed by atoms with Crippen molar-refractivity contribution in [2.45, 2.75) is 31.8 Å². The minimum absolute atomic E-state index is 0.356. The number of amides is 1.